The van der Waals surface area contributed by atoms with Gasteiger partial charge in [0, 0.05) is 46.3 Å². The summed E-state index contributed by atoms with van der Waals surface area (Å²) in [6, 6.07) is 7.10. The zero-order valence-electron chi connectivity index (χ0n) is 16.2. The lowest BCUT2D eigenvalue weighted by Crippen LogP contribution is -2.26. The fourth-order valence-corrected chi connectivity index (χ4v) is 3.96. The molecule has 2 unspecified atom stereocenters. The van der Waals surface area contributed by atoms with Crippen molar-refractivity contribution in [1.82, 2.24) is 4.57 Å². The van der Waals surface area contributed by atoms with Crippen LogP contribution in [0, 0.1) is 5.82 Å². The molecule has 2 atom stereocenters. The largest absolute Gasteiger partial charge is 0.391 e. The highest BCUT2D eigenvalue weighted by atomic mass is 35.5. The van der Waals surface area contributed by atoms with Crippen LogP contribution in [0.25, 0.3) is 10.9 Å². The number of pyridine rings is 1. The number of benzene rings is 1. The molecule has 0 radical (unpaired) electrons. The number of hydrogen-bond donors (Lipinski definition) is 2. The first kappa shape index (κ1) is 19.7. The molecule has 0 amide bonds. The van der Waals surface area contributed by atoms with E-state index in [0.29, 0.717) is 22.7 Å². The van der Waals surface area contributed by atoms with E-state index in [2.05, 4.69) is 5.16 Å². The van der Waals surface area contributed by atoms with Crippen LogP contribution in [0.1, 0.15) is 30.4 Å². The van der Waals surface area contributed by atoms with E-state index in [1.165, 1.54) is 6.07 Å². The number of rotatable bonds is 5. The van der Waals surface area contributed by atoms with Crippen molar-refractivity contribution in [2.24, 2.45) is 23.7 Å². The second kappa shape index (κ2) is 8.00. The van der Waals surface area contributed by atoms with Gasteiger partial charge in [-0.15, -0.1) is 0 Å². The molecule has 29 heavy (non-hydrogen) atoms. The van der Waals surface area contributed by atoms with Gasteiger partial charge >= 0.3 is 0 Å². The number of aryl methyl sites for hydroxylation is 1. The Balaban J connectivity index is 1.56. The van der Waals surface area contributed by atoms with Crippen molar-refractivity contribution in [3.8, 4) is 0 Å². The molecule has 4 N–H and O–H groups in total. The predicted octanol–water partition coefficient (Wildman–Crippen LogP) is 2.82. The van der Waals surface area contributed by atoms with Gasteiger partial charge in [0.2, 0.25) is 0 Å². The fraction of sp³-hybridized carbons (Fsp3) is 0.333. The Kier molecular flexibility index (Phi) is 5.43. The van der Waals surface area contributed by atoms with Crippen LogP contribution in [0.3, 0.4) is 0 Å². The lowest BCUT2D eigenvalue weighted by Gasteiger charge is -2.12. The van der Waals surface area contributed by atoms with Gasteiger partial charge in [-0.05, 0) is 31.0 Å². The zero-order chi connectivity index (χ0) is 20.5. The van der Waals surface area contributed by atoms with Crippen molar-refractivity contribution in [2.75, 3.05) is 0 Å². The van der Waals surface area contributed by atoms with E-state index in [1.54, 1.807) is 6.07 Å². The van der Waals surface area contributed by atoms with Crippen molar-refractivity contribution in [1.29, 1.82) is 0 Å². The molecule has 1 saturated carbocycles. The standard InChI is InChI=1S/C21H24ClFN5O/c1-27-6-4-13-5-7-28(20(13)12-27)11-17-18(22)8-14(9-19(17)23)21(25)26-29-16-3-2-15(24)10-16/h4-9,12,15-16H,2-3,10-11,24H2,1H3,(H2,25,26)/q+1. The van der Waals surface area contributed by atoms with Gasteiger partial charge in [-0.3, -0.25) is 0 Å². The molecule has 2 heterocycles. The van der Waals surface area contributed by atoms with E-state index in [-0.39, 0.29) is 18.0 Å². The second-order valence-corrected chi connectivity index (χ2v) is 8.00. The summed E-state index contributed by atoms with van der Waals surface area (Å²) in [7, 11) is 1.95. The van der Waals surface area contributed by atoms with Crippen LogP contribution in [0.2, 0.25) is 5.02 Å². The van der Waals surface area contributed by atoms with E-state index in [0.717, 1.165) is 30.2 Å². The molecule has 0 spiro atoms. The van der Waals surface area contributed by atoms with Crippen LogP contribution >= 0.6 is 11.6 Å². The first-order valence-electron chi connectivity index (χ1n) is 9.58. The van der Waals surface area contributed by atoms with Gasteiger partial charge in [-0.25, -0.2) is 8.96 Å². The van der Waals surface area contributed by atoms with Crippen LogP contribution in [0.15, 0.2) is 48.0 Å². The molecule has 1 aliphatic rings. The summed E-state index contributed by atoms with van der Waals surface area (Å²) >= 11 is 6.40. The maximum Gasteiger partial charge on any atom is 0.193 e. The van der Waals surface area contributed by atoms with Gasteiger partial charge < -0.3 is 20.9 Å². The molecule has 0 saturated heterocycles. The van der Waals surface area contributed by atoms with Crippen molar-refractivity contribution in [2.45, 2.75) is 38.0 Å². The third-order valence-corrected chi connectivity index (χ3v) is 5.68. The average Bonchev–Trinajstić information content (AvgIpc) is 3.28. The third kappa shape index (κ3) is 4.21. The van der Waals surface area contributed by atoms with E-state index in [9.17, 15) is 4.39 Å². The van der Waals surface area contributed by atoms with E-state index < -0.39 is 5.82 Å². The van der Waals surface area contributed by atoms with Crippen LogP contribution in [0.5, 0.6) is 0 Å². The van der Waals surface area contributed by atoms with Gasteiger partial charge in [0.05, 0.1) is 6.54 Å². The van der Waals surface area contributed by atoms with E-state index in [1.807, 2.05) is 46.9 Å². The minimum Gasteiger partial charge on any atom is -0.391 e. The Morgan fingerprint density at radius 3 is 2.93 bits per heavy atom. The fourth-order valence-electron chi connectivity index (χ4n) is 3.69. The van der Waals surface area contributed by atoms with Crippen LogP contribution in [-0.4, -0.2) is 22.5 Å². The normalized spacial score (nSPS) is 19.8. The first-order valence-corrected chi connectivity index (χ1v) is 9.96. The minimum atomic E-state index is -0.435. The highest BCUT2D eigenvalue weighted by Crippen LogP contribution is 2.25. The molecule has 6 nitrogen and oxygen atoms in total. The Labute approximate surface area is 173 Å². The molecule has 3 aromatic rings. The molecular weight excluding hydrogens is 393 g/mol. The average molecular weight is 417 g/mol. The summed E-state index contributed by atoms with van der Waals surface area (Å²) in [4.78, 5) is 5.46. The monoisotopic (exact) mass is 416 g/mol. The van der Waals surface area contributed by atoms with Gasteiger partial charge in [0.15, 0.2) is 18.2 Å². The maximum atomic E-state index is 14.9. The second-order valence-electron chi connectivity index (χ2n) is 7.59. The molecule has 1 aliphatic carbocycles. The minimum absolute atomic E-state index is 0.0495. The molecule has 152 valence electrons. The van der Waals surface area contributed by atoms with Crippen LogP contribution in [-0.2, 0) is 18.4 Å². The lowest BCUT2D eigenvalue weighted by molar-refractivity contribution is -0.670. The molecule has 1 aromatic carbocycles. The first-order chi connectivity index (χ1) is 13.9. The molecule has 0 bridgehead atoms. The molecular formula is C21H24ClFN5O+. The summed E-state index contributed by atoms with van der Waals surface area (Å²) in [5.41, 5.74) is 13.6. The predicted molar refractivity (Wildman–Crippen MR) is 111 cm³/mol. The Morgan fingerprint density at radius 2 is 2.21 bits per heavy atom. The Bertz CT molecular complexity index is 1060. The smallest absolute Gasteiger partial charge is 0.193 e. The summed E-state index contributed by atoms with van der Waals surface area (Å²) < 4.78 is 18.8. The van der Waals surface area contributed by atoms with Crippen LogP contribution in [0.4, 0.5) is 4.39 Å². The van der Waals surface area contributed by atoms with Gasteiger partial charge in [-0.1, -0.05) is 16.8 Å². The number of hydrogen-bond acceptors (Lipinski definition) is 3. The van der Waals surface area contributed by atoms with Crippen molar-refractivity contribution in [3.63, 3.8) is 0 Å². The number of nitrogens with zero attached hydrogens (tertiary/aromatic N) is 3. The molecule has 8 heteroatoms. The highest BCUT2D eigenvalue weighted by molar-refractivity contribution is 6.31. The number of nitrogens with two attached hydrogens (primary N) is 2. The van der Waals surface area contributed by atoms with E-state index in [4.69, 9.17) is 27.9 Å². The molecule has 1 fully saturated rings. The Hall–Kier alpha value is -2.64. The third-order valence-electron chi connectivity index (χ3n) is 5.34. The summed E-state index contributed by atoms with van der Waals surface area (Å²) in [6.45, 7) is 0.311. The maximum absolute atomic E-state index is 14.9. The summed E-state index contributed by atoms with van der Waals surface area (Å²) in [5, 5.41) is 5.33. The number of oxime groups is 1. The van der Waals surface area contributed by atoms with Gasteiger partial charge in [-0.2, -0.15) is 0 Å². The quantitative estimate of drug-likeness (QED) is 0.290. The highest BCUT2D eigenvalue weighted by Gasteiger charge is 2.23. The van der Waals surface area contributed by atoms with Crippen molar-refractivity contribution >= 4 is 28.3 Å². The number of amidine groups is 1. The molecule has 2 aromatic heterocycles. The topological polar surface area (TPSA) is 82.4 Å². The summed E-state index contributed by atoms with van der Waals surface area (Å²) in [6.07, 6.45) is 8.32. The van der Waals surface area contributed by atoms with Crippen molar-refractivity contribution in [3.05, 3.63) is 64.8 Å². The number of halogens is 2. The molecule has 4 rings (SSSR count). The zero-order valence-corrected chi connectivity index (χ0v) is 16.9. The van der Waals surface area contributed by atoms with Crippen LogP contribution < -0.4 is 16.0 Å². The van der Waals surface area contributed by atoms with Crippen molar-refractivity contribution < 1.29 is 13.8 Å². The summed E-state index contributed by atoms with van der Waals surface area (Å²) in [5.74, 6) is -0.341. The SMILES string of the molecule is C[n+]1ccc2ccn(Cc3c(F)cc(C(N)=NOC4CCC(N)C4)cc3Cl)c2c1. The number of aromatic nitrogens is 2. The van der Waals surface area contributed by atoms with Gasteiger partial charge in [0.25, 0.3) is 0 Å². The lowest BCUT2D eigenvalue weighted by atomic mass is 10.1. The van der Waals surface area contributed by atoms with E-state index >= 15 is 0 Å². The molecule has 0 aliphatic heterocycles. The van der Waals surface area contributed by atoms with Gasteiger partial charge in [0.1, 0.15) is 24.5 Å². The Morgan fingerprint density at radius 1 is 1.38 bits per heavy atom. The number of fused-ring (bicyclic) bond motifs is 1.